The van der Waals surface area contributed by atoms with Gasteiger partial charge < -0.3 is 14.5 Å². The SMILES string of the molecule is C1=Cc2ccccc2NN=C1.O=C1CO[C-]=N1. The number of amides is 1. The minimum atomic E-state index is -0.255. The Morgan fingerprint density at radius 3 is 2.94 bits per heavy atom. The highest BCUT2D eigenvalue weighted by molar-refractivity contribution is 5.88. The fraction of sp³-hybridized carbons (Fsp3) is 0.0833. The van der Waals surface area contributed by atoms with Gasteiger partial charge in [-0.1, -0.05) is 24.3 Å². The van der Waals surface area contributed by atoms with Crippen LogP contribution in [0.3, 0.4) is 0 Å². The first-order valence-corrected chi connectivity index (χ1v) is 5.01. The minimum absolute atomic E-state index is 0.0694. The number of anilines is 1. The number of carbonyl (C=O) groups is 1. The van der Waals surface area contributed by atoms with Gasteiger partial charge in [0.15, 0.2) is 0 Å². The van der Waals surface area contributed by atoms with Crippen molar-refractivity contribution in [3.05, 3.63) is 35.9 Å². The summed E-state index contributed by atoms with van der Waals surface area (Å²) < 4.78 is 4.29. The van der Waals surface area contributed by atoms with Crippen LogP contribution in [0.1, 0.15) is 5.56 Å². The van der Waals surface area contributed by atoms with Crippen LogP contribution in [0.4, 0.5) is 5.69 Å². The molecule has 3 rings (SSSR count). The summed E-state index contributed by atoms with van der Waals surface area (Å²) in [6, 6.07) is 8.05. The summed E-state index contributed by atoms with van der Waals surface area (Å²) in [5.41, 5.74) is 5.16. The van der Waals surface area contributed by atoms with Gasteiger partial charge in [-0.25, -0.2) is 0 Å². The maximum Gasteiger partial charge on any atom is 0.124 e. The molecule has 0 unspecified atom stereocenters. The van der Waals surface area contributed by atoms with Crippen molar-refractivity contribution in [2.24, 2.45) is 10.1 Å². The van der Waals surface area contributed by atoms with E-state index in [-0.39, 0.29) is 12.5 Å². The summed E-state index contributed by atoms with van der Waals surface area (Å²) in [6.45, 7) is 0.0694. The van der Waals surface area contributed by atoms with Crippen molar-refractivity contribution < 1.29 is 9.53 Å². The van der Waals surface area contributed by atoms with Crippen LogP contribution in [0.15, 0.2) is 40.4 Å². The number of nitrogens with zero attached hydrogens (tertiary/aromatic N) is 2. The molecule has 0 spiro atoms. The van der Waals surface area contributed by atoms with Gasteiger partial charge in [0.2, 0.25) is 0 Å². The van der Waals surface area contributed by atoms with Gasteiger partial charge in [0.25, 0.3) is 0 Å². The molecular formula is C12H10N3O2-. The molecule has 0 fully saturated rings. The third-order valence-corrected chi connectivity index (χ3v) is 2.01. The molecule has 2 heterocycles. The molecule has 5 nitrogen and oxygen atoms in total. The van der Waals surface area contributed by atoms with E-state index in [0.717, 1.165) is 5.69 Å². The van der Waals surface area contributed by atoms with E-state index >= 15 is 0 Å². The second kappa shape index (κ2) is 5.60. The Morgan fingerprint density at radius 2 is 2.24 bits per heavy atom. The molecule has 17 heavy (non-hydrogen) atoms. The Hall–Kier alpha value is -2.43. The lowest BCUT2D eigenvalue weighted by Gasteiger charge is -2.00. The highest BCUT2D eigenvalue weighted by Crippen LogP contribution is 2.17. The molecule has 0 atom stereocenters. The quantitative estimate of drug-likeness (QED) is 0.685. The molecule has 0 aromatic heterocycles. The molecule has 0 saturated carbocycles. The number of fused-ring (bicyclic) bond motifs is 1. The monoisotopic (exact) mass is 228 g/mol. The highest BCUT2D eigenvalue weighted by atomic mass is 16.5. The van der Waals surface area contributed by atoms with Crippen LogP contribution >= 0.6 is 0 Å². The van der Waals surface area contributed by atoms with E-state index in [4.69, 9.17) is 0 Å². The Morgan fingerprint density at radius 1 is 1.35 bits per heavy atom. The molecule has 0 radical (unpaired) electrons. The summed E-state index contributed by atoms with van der Waals surface area (Å²) >= 11 is 0. The molecular weight excluding hydrogens is 218 g/mol. The lowest BCUT2D eigenvalue weighted by molar-refractivity contribution is -0.118. The van der Waals surface area contributed by atoms with E-state index in [1.165, 1.54) is 5.56 Å². The van der Waals surface area contributed by atoms with Crippen molar-refractivity contribution in [2.45, 2.75) is 0 Å². The molecule has 2 aliphatic heterocycles. The Labute approximate surface area is 98.5 Å². The molecule has 2 aliphatic rings. The number of hydrazone groups is 1. The molecule has 1 amide bonds. The van der Waals surface area contributed by atoms with Gasteiger partial charge in [0, 0.05) is 12.6 Å². The second-order valence-electron chi connectivity index (χ2n) is 3.22. The first-order valence-electron chi connectivity index (χ1n) is 5.01. The van der Waals surface area contributed by atoms with E-state index in [9.17, 15) is 4.79 Å². The van der Waals surface area contributed by atoms with E-state index in [1.54, 1.807) is 6.21 Å². The zero-order chi connectivity index (χ0) is 11.9. The molecule has 1 N–H and O–H groups in total. The topological polar surface area (TPSA) is 63.0 Å². The fourth-order valence-electron chi connectivity index (χ4n) is 1.25. The summed E-state index contributed by atoms with van der Waals surface area (Å²) in [6.07, 6.45) is 7.73. The van der Waals surface area contributed by atoms with Gasteiger partial charge in [-0.15, -0.1) is 0 Å². The van der Waals surface area contributed by atoms with Crippen molar-refractivity contribution in [1.29, 1.82) is 0 Å². The van der Waals surface area contributed by atoms with Crippen molar-refractivity contribution in [3.63, 3.8) is 0 Å². The van der Waals surface area contributed by atoms with Gasteiger partial charge in [-0.2, -0.15) is 5.10 Å². The summed E-state index contributed by atoms with van der Waals surface area (Å²) in [5, 5.41) is 3.95. The number of para-hydroxylation sites is 1. The first kappa shape index (κ1) is 11.1. The minimum Gasteiger partial charge on any atom is -0.581 e. The van der Waals surface area contributed by atoms with Crippen molar-refractivity contribution in [2.75, 3.05) is 12.0 Å². The van der Waals surface area contributed by atoms with Gasteiger partial charge in [-0.05, 0) is 17.7 Å². The van der Waals surface area contributed by atoms with Crippen LogP contribution in [0.2, 0.25) is 0 Å². The molecule has 0 aliphatic carbocycles. The largest absolute Gasteiger partial charge is 0.581 e. The summed E-state index contributed by atoms with van der Waals surface area (Å²) in [5.74, 6) is -0.255. The van der Waals surface area contributed by atoms with E-state index in [1.807, 2.05) is 42.8 Å². The summed E-state index contributed by atoms with van der Waals surface area (Å²) in [4.78, 5) is 13.0. The number of ether oxygens (including phenoxy) is 1. The Kier molecular flexibility index (Phi) is 3.64. The van der Waals surface area contributed by atoms with E-state index in [0.29, 0.717) is 0 Å². The van der Waals surface area contributed by atoms with Gasteiger partial charge in [-0.3, -0.25) is 5.43 Å². The Bertz CT molecular complexity index is 492. The fourth-order valence-corrected chi connectivity index (χ4v) is 1.25. The zero-order valence-corrected chi connectivity index (χ0v) is 8.96. The van der Waals surface area contributed by atoms with Gasteiger partial charge in [0.1, 0.15) is 5.91 Å². The van der Waals surface area contributed by atoms with Gasteiger partial charge in [0.05, 0.1) is 12.3 Å². The first-order chi connectivity index (χ1) is 8.36. The predicted octanol–water partition coefficient (Wildman–Crippen LogP) is 1.56. The standard InChI is InChI=1S/C9H8N2.C3H2NO2/c1-2-6-9-8(4-1)5-3-7-10-11-9;5-3-1-6-2-4-3/h1-7,11H;1H2/q;-1. The number of benzene rings is 1. The van der Waals surface area contributed by atoms with Crippen molar-refractivity contribution >= 4 is 30.3 Å². The average molecular weight is 228 g/mol. The normalized spacial score (nSPS) is 15.2. The molecule has 5 heteroatoms. The number of carbonyl (C=O) groups excluding carboxylic acids is 1. The molecule has 86 valence electrons. The number of allylic oxidation sites excluding steroid dienone is 1. The third kappa shape index (κ3) is 3.27. The highest BCUT2D eigenvalue weighted by Gasteiger charge is 1.96. The molecule has 1 aromatic rings. The lowest BCUT2D eigenvalue weighted by Crippen LogP contribution is -1.92. The molecule has 1 aromatic carbocycles. The third-order valence-electron chi connectivity index (χ3n) is 2.01. The zero-order valence-electron chi connectivity index (χ0n) is 8.96. The molecule has 0 saturated heterocycles. The smallest absolute Gasteiger partial charge is 0.124 e. The average Bonchev–Trinajstić information content (AvgIpc) is 2.70. The van der Waals surface area contributed by atoms with E-state index < -0.39 is 0 Å². The number of aliphatic imine (C=N–C) groups is 1. The van der Waals surface area contributed by atoms with Crippen molar-refractivity contribution in [3.8, 4) is 0 Å². The summed E-state index contributed by atoms with van der Waals surface area (Å²) in [7, 11) is 0. The van der Waals surface area contributed by atoms with E-state index in [2.05, 4.69) is 20.3 Å². The van der Waals surface area contributed by atoms with Crippen LogP contribution in [0.25, 0.3) is 6.08 Å². The van der Waals surface area contributed by atoms with Crippen LogP contribution in [-0.2, 0) is 9.53 Å². The predicted molar refractivity (Wildman–Crippen MR) is 66.0 cm³/mol. The van der Waals surface area contributed by atoms with Crippen molar-refractivity contribution in [1.82, 2.24) is 0 Å². The number of nitrogens with one attached hydrogen (secondary N) is 1. The number of hydrogen-bond donors (Lipinski definition) is 1. The second-order valence-corrected chi connectivity index (χ2v) is 3.22. The lowest BCUT2D eigenvalue weighted by atomic mass is 10.2. The van der Waals surface area contributed by atoms with Crippen LogP contribution in [0, 0.1) is 0 Å². The van der Waals surface area contributed by atoms with Crippen LogP contribution < -0.4 is 5.43 Å². The maximum absolute atomic E-state index is 9.89. The number of hydrogen-bond acceptors (Lipinski definition) is 4. The van der Waals surface area contributed by atoms with Crippen LogP contribution in [0.5, 0.6) is 0 Å². The Balaban J connectivity index is 0.000000153. The maximum atomic E-state index is 9.89. The van der Waals surface area contributed by atoms with Crippen LogP contribution in [-0.4, -0.2) is 25.1 Å². The molecule has 0 bridgehead atoms. The van der Waals surface area contributed by atoms with Gasteiger partial charge >= 0.3 is 0 Å². The number of rotatable bonds is 0.